The van der Waals surface area contributed by atoms with Gasteiger partial charge >= 0.3 is 0 Å². The molecule has 5 rings (SSSR count). The summed E-state index contributed by atoms with van der Waals surface area (Å²) in [7, 11) is 1.52. The average Bonchev–Trinajstić information content (AvgIpc) is 3.53. The number of benzene rings is 3. The Kier molecular flexibility index (Phi) is 7.81. The van der Waals surface area contributed by atoms with Crippen LogP contribution in [0.15, 0.2) is 82.9 Å². The molecule has 2 aliphatic heterocycles. The van der Waals surface area contributed by atoms with Gasteiger partial charge in [0.1, 0.15) is 11.0 Å². The molecule has 2 heterocycles. The number of aliphatic imine (C=N–C) groups is 1. The number of hydrogen-bond donors (Lipinski definition) is 1. The molecule has 0 aliphatic carbocycles. The van der Waals surface area contributed by atoms with E-state index in [1.165, 1.54) is 24.4 Å². The van der Waals surface area contributed by atoms with Crippen molar-refractivity contribution in [2.45, 2.75) is 37.5 Å². The SMILES string of the molecule is CCc1ccc([C@H]2CC(c3ccccc3)=NN2C2=NC(=O)[C@@H](CC(=O)Nc3cc(Cl)ccc3OC)S2)cc1. The lowest BCUT2D eigenvalue weighted by Crippen LogP contribution is -2.25. The highest BCUT2D eigenvalue weighted by Crippen LogP contribution is 2.39. The molecular formula is C29H27ClN4O3S. The van der Waals surface area contributed by atoms with Gasteiger partial charge in [0.05, 0.1) is 24.6 Å². The number of rotatable bonds is 7. The maximum absolute atomic E-state index is 12.9. The summed E-state index contributed by atoms with van der Waals surface area (Å²) in [6.07, 6.45) is 1.61. The number of aryl methyl sites for hydroxylation is 1. The summed E-state index contributed by atoms with van der Waals surface area (Å²) in [5.74, 6) is -0.182. The first-order valence-corrected chi connectivity index (χ1v) is 13.6. The molecule has 0 spiro atoms. The van der Waals surface area contributed by atoms with Crippen LogP contribution in [0.4, 0.5) is 5.69 Å². The maximum atomic E-state index is 12.9. The lowest BCUT2D eigenvalue weighted by molar-refractivity contribution is -0.121. The van der Waals surface area contributed by atoms with Gasteiger partial charge < -0.3 is 10.1 Å². The van der Waals surface area contributed by atoms with Crippen LogP contribution in [-0.4, -0.2) is 40.1 Å². The van der Waals surface area contributed by atoms with Crippen molar-refractivity contribution in [1.29, 1.82) is 0 Å². The zero-order valence-electron chi connectivity index (χ0n) is 21.1. The molecule has 2 atom stereocenters. The first-order valence-electron chi connectivity index (χ1n) is 12.4. The van der Waals surface area contributed by atoms with Crippen LogP contribution < -0.4 is 10.1 Å². The van der Waals surface area contributed by atoms with Gasteiger partial charge in [-0.3, -0.25) is 9.59 Å². The van der Waals surface area contributed by atoms with E-state index in [0.717, 1.165) is 23.3 Å². The van der Waals surface area contributed by atoms with E-state index in [1.807, 2.05) is 35.3 Å². The highest BCUT2D eigenvalue weighted by atomic mass is 35.5. The number of hydrazone groups is 1. The van der Waals surface area contributed by atoms with Crippen molar-refractivity contribution in [3.05, 3.63) is 94.5 Å². The number of amides is 2. The Morgan fingerprint density at radius 2 is 1.89 bits per heavy atom. The number of anilines is 1. The fourth-order valence-electron chi connectivity index (χ4n) is 4.48. The van der Waals surface area contributed by atoms with Crippen molar-refractivity contribution in [1.82, 2.24) is 5.01 Å². The number of nitrogens with one attached hydrogen (secondary N) is 1. The third-order valence-electron chi connectivity index (χ3n) is 6.52. The zero-order chi connectivity index (χ0) is 26.6. The van der Waals surface area contributed by atoms with E-state index in [9.17, 15) is 9.59 Å². The predicted molar refractivity (Wildman–Crippen MR) is 153 cm³/mol. The number of hydrogen-bond acceptors (Lipinski definition) is 6. The number of ether oxygens (including phenoxy) is 1. The van der Waals surface area contributed by atoms with Crippen LogP contribution in [0, 0.1) is 0 Å². The van der Waals surface area contributed by atoms with E-state index in [-0.39, 0.29) is 24.3 Å². The standard InChI is InChI=1S/C29H27ClN4O3S/c1-3-18-9-11-20(12-10-18)24-16-22(19-7-5-4-6-8-19)33-34(24)29-32-28(36)26(38-29)17-27(35)31-23-15-21(30)13-14-25(23)37-2/h4-15,24,26H,3,16-17H2,1-2H3,(H,31,35)/t24-,26-/m1/s1. The van der Waals surface area contributed by atoms with Crippen LogP contribution in [0.25, 0.3) is 0 Å². The van der Waals surface area contributed by atoms with E-state index in [4.69, 9.17) is 21.4 Å². The van der Waals surface area contributed by atoms with Crippen LogP contribution in [0.3, 0.4) is 0 Å². The van der Waals surface area contributed by atoms with E-state index < -0.39 is 5.25 Å². The minimum atomic E-state index is -0.644. The van der Waals surface area contributed by atoms with Crippen LogP contribution in [0.5, 0.6) is 5.75 Å². The molecule has 194 valence electrons. The molecule has 0 aromatic heterocycles. The van der Waals surface area contributed by atoms with Crippen molar-refractivity contribution in [2.24, 2.45) is 10.1 Å². The topological polar surface area (TPSA) is 83.4 Å². The Bertz CT molecular complexity index is 1410. The van der Waals surface area contributed by atoms with Gasteiger partial charge in [0.15, 0.2) is 5.17 Å². The van der Waals surface area contributed by atoms with Gasteiger partial charge in [0.2, 0.25) is 5.91 Å². The van der Waals surface area contributed by atoms with E-state index >= 15 is 0 Å². The Balaban J connectivity index is 1.34. The molecule has 38 heavy (non-hydrogen) atoms. The Morgan fingerprint density at radius 1 is 1.13 bits per heavy atom. The Hall–Kier alpha value is -3.62. The number of carbonyl (C=O) groups excluding carboxylic acids is 2. The Morgan fingerprint density at radius 3 is 2.61 bits per heavy atom. The first kappa shape index (κ1) is 26.0. The molecule has 0 bridgehead atoms. The van der Waals surface area contributed by atoms with Crippen LogP contribution >= 0.6 is 23.4 Å². The zero-order valence-corrected chi connectivity index (χ0v) is 22.6. The molecule has 0 unspecified atom stereocenters. The fraction of sp³-hybridized carbons (Fsp3) is 0.241. The molecule has 0 radical (unpaired) electrons. The summed E-state index contributed by atoms with van der Waals surface area (Å²) in [6, 6.07) is 23.4. The third-order valence-corrected chi connectivity index (χ3v) is 7.90. The van der Waals surface area contributed by atoms with E-state index in [1.54, 1.807) is 18.2 Å². The highest BCUT2D eigenvalue weighted by molar-refractivity contribution is 8.15. The molecule has 3 aromatic carbocycles. The van der Waals surface area contributed by atoms with Gasteiger partial charge in [0.25, 0.3) is 5.91 Å². The van der Waals surface area contributed by atoms with Crippen LogP contribution in [0.1, 0.15) is 42.5 Å². The monoisotopic (exact) mass is 546 g/mol. The molecular weight excluding hydrogens is 520 g/mol. The number of thioether (sulfide) groups is 1. The van der Waals surface area contributed by atoms with Crippen molar-refractivity contribution in [3.63, 3.8) is 0 Å². The van der Waals surface area contributed by atoms with E-state index in [0.29, 0.717) is 28.0 Å². The minimum absolute atomic E-state index is 0.0366. The normalized spacial score (nSPS) is 18.8. The lowest BCUT2D eigenvalue weighted by atomic mass is 9.97. The molecule has 2 aliphatic rings. The van der Waals surface area contributed by atoms with Gasteiger partial charge in [0, 0.05) is 17.9 Å². The smallest absolute Gasteiger partial charge is 0.262 e. The van der Waals surface area contributed by atoms with Gasteiger partial charge in [-0.1, -0.05) is 84.9 Å². The predicted octanol–water partition coefficient (Wildman–Crippen LogP) is 6.09. The maximum Gasteiger partial charge on any atom is 0.262 e. The van der Waals surface area contributed by atoms with Crippen molar-refractivity contribution < 1.29 is 14.3 Å². The molecule has 0 saturated carbocycles. The Labute approximate surface area is 230 Å². The summed E-state index contributed by atoms with van der Waals surface area (Å²) in [5.41, 5.74) is 4.77. The molecule has 3 aromatic rings. The number of amidine groups is 1. The molecule has 2 amide bonds. The van der Waals surface area contributed by atoms with Gasteiger partial charge in [-0.05, 0) is 41.3 Å². The molecule has 0 fully saturated rings. The van der Waals surface area contributed by atoms with Crippen molar-refractivity contribution in [3.8, 4) is 5.75 Å². The third kappa shape index (κ3) is 5.61. The molecule has 1 N–H and O–H groups in total. The summed E-state index contributed by atoms with van der Waals surface area (Å²) < 4.78 is 5.30. The average molecular weight is 547 g/mol. The van der Waals surface area contributed by atoms with Crippen molar-refractivity contribution >= 4 is 51.7 Å². The second-order valence-corrected chi connectivity index (χ2v) is 10.6. The molecule has 7 nitrogen and oxygen atoms in total. The first-order chi connectivity index (χ1) is 18.4. The summed E-state index contributed by atoms with van der Waals surface area (Å²) in [5, 5.41) is 9.87. The second-order valence-electron chi connectivity index (χ2n) is 9.01. The van der Waals surface area contributed by atoms with Gasteiger partial charge in [-0.25, -0.2) is 5.01 Å². The second kappa shape index (κ2) is 11.4. The van der Waals surface area contributed by atoms with Crippen LogP contribution in [0.2, 0.25) is 5.02 Å². The number of nitrogens with zero attached hydrogens (tertiary/aromatic N) is 3. The highest BCUT2D eigenvalue weighted by Gasteiger charge is 2.39. The number of carbonyl (C=O) groups is 2. The summed E-state index contributed by atoms with van der Waals surface area (Å²) in [4.78, 5) is 30.0. The van der Waals surface area contributed by atoms with E-state index in [2.05, 4.69) is 41.5 Å². The van der Waals surface area contributed by atoms with Crippen molar-refractivity contribution in [2.75, 3.05) is 12.4 Å². The lowest BCUT2D eigenvalue weighted by Gasteiger charge is -2.23. The number of methoxy groups -OCH3 is 1. The van der Waals surface area contributed by atoms with Gasteiger partial charge in [-0.15, -0.1) is 0 Å². The summed E-state index contributed by atoms with van der Waals surface area (Å²) in [6.45, 7) is 2.13. The molecule has 9 heteroatoms. The van der Waals surface area contributed by atoms with Gasteiger partial charge in [-0.2, -0.15) is 10.1 Å². The largest absolute Gasteiger partial charge is 0.495 e. The number of halogens is 1. The summed E-state index contributed by atoms with van der Waals surface area (Å²) >= 11 is 7.35. The fourth-order valence-corrected chi connectivity index (χ4v) is 5.71. The molecule has 0 saturated heterocycles. The van der Waals surface area contributed by atoms with Crippen LogP contribution in [-0.2, 0) is 16.0 Å². The minimum Gasteiger partial charge on any atom is -0.495 e. The quantitative estimate of drug-likeness (QED) is 0.388.